The summed E-state index contributed by atoms with van der Waals surface area (Å²) in [6.45, 7) is 1.59. The molecule has 0 N–H and O–H groups in total. The second-order valence-corrected chi connectivity index (χ2v) is 4.17. The third kappa shape index (κ3) is 1.37. The number of allylic oxidation sites excluding steroid dienone is 1. The van der Waals surface area contributed by atoms with E-state index in [9.17, 15) is 26.3 Å². The number of rotatable bonds is 1. The lowest BCUT2D eigenvalue weighted by Crippen LogP contribution is -2.68. The van der Waals surface area contributed by atoms with Gasteiger partial charge in [0, 0.05) is 5.92 Å². The van der Waals surface area contributed by atoms with Gasteiger partial charge in [-0.2, -0.15) is 17.6 Å². The van der Waals surface area contributed by atoms with Crippen molar-refractivity contribution in [3.8, 4) is 0 Å². The summed E-state index contributed by atoms with van der Waals surface area (Å²) in [5.74, 6) is -15.9. The van der Waals surface area contributed by atoms with Crippen molar-refractivity contribution in [1.29, 1.82) is 5.39 Å². The van der Waals surface area contributed by atoms with Crippen LogP contribution in [0.2, 0.25) is 0 Å². The number of diazo groups is 1. The van der Waals surface area contributed by atoms with Crippen molar-refractivity contribution in [3.63, 3.8) is 0 Å². The smallest absolute Gasteiger partial charge is 0.223 e. The molecule has 0 radical (unpaired) electrons. The number of alkyl halides is 6. The topological polar surface area (TPSA) is 28.1 Å². The predicted molar refractivity (Wildman–Crippen MR) is 46.6 cm³/mol. The molecule has 0 aromatic heterocycles. The molecule has 0 aliphatic heterocycles. The average molecular weight is 259 g/mol. The van der Waals surface area contributed by atoms with E-state index in [0.717, 1.165) is 13.8 Å². The van der Waals surface area contributed by atoms with E-state index < -0.39 is 35.3 Å². The summed E-state index contributed by atoms with van der Waals surface area (Å²) in [6.07, 6.45) is -0.683. The van der Waals surface area contributed by atoms with Crippen molar-refractivity contribution in [2.24, 2.45) is 5.92 Å². The van der Waals surface area contributed by atoms with Gasteiger partial charge in [0.2, 0.25) is 5.39 Å². The van der Waals surface area contributed by atoms with Gasteiger partial charge in [0.05, 0.1) is 6.08 Å². The van der Waals surface area contributed by atoms with E-state index in [0.29, 0.717) is 0 Å². The quantitative estimate of drug-likeness (QED) is 0.305. The zero-order valence-corrected chi connectivity index (χ0v) is 8.89. The minimum atomic E-state index is -5.33. The van der Waals surface area contributed by atoms with Gasteiger partial charge in [-0.25, -0.2) is 4.39 Å². The molecule has 2 nitrogen and oxygen atoms in total. The third-order valence-electron chi connectivity index (χ3n) is 2.84. The zero-order valence-electron chi connectivity index (χ0n) is 8.89. The summed E-state index contributed by atoms with van der Waals surface area (Å²) in [4.78, 5) is 1.87. The first-order chi connectivity index (χ1) is 7.46. The van der Waals surface area contributed by atoms with Crippen LogP contribution in [0.1, 0.15) is 13.8 Å². The molecule has 0 bridgehead atoms. The molecule has 0 saturated carbocycles. The van der Waals surface area contributed by atoms with E-state index in [1.165, 1.54) is 0 Å². The first-order valence-electron chi connectivity index (χ1n) is 4.66. The highest BCUT2D eigenvalue weighted by Gasteiger charge is 2.86. The van der Waals surface area contributed by atoms with E-state index in [-0.39, 0.29) is 6.08 Å². The zero-order chi connectivity index (χ0) is 13.7. The van der Waals surface area contributed by atoms with Crippen LogP contribution in [0.4, 0.5) is 26.3 Å². The van der Waals surface area contributed by atoms with Gasteiger partial charge in [-0.05, 0) is 6.08 Å². The second-order valence-electron chi connectivity index (χ2n) is 4.17. The van der Waals surface area contributed by atoms with Gasteiger partial charge in [0.1, 0.15) is 0 Å². The Bertz CT molecular complexity index is 399. The summed E-state index contributed by atoms with van der Waals surface area (Å²) in [5.41, 5.74) is -4.34. The van der Waals surface area contributed by atoms with Gasteiger partial charge in [0.25, 0.3) is 0 Å². The molecule has 1 rings (SSSR count). The van der Waals surface area contributed by atoms with E-state index in [1.807, 2.05) is 4.98 Å². The molecule has 0 aromatic carbocycles. The summed E-state index contributed by atoms with van der Waals surface area (Å²) in [5, 5.41) is 8.32. The molecule has 0 aromatic rings. The Hall–Kier alpha value is -1.26. The highest BCUT2D eigenvalue weighted by molar-refractivity contribution is 5.32. The van der Waals surface area contributed by atoms with Crippen molar-refractivity contribution in [1.82, 2.24) is 0 Å². The molecule has 17 heavy (non-hydrogen) atoms. The van der Waals surface area contributed by atoms with Crippen LogP contribution in [0.15, 0.2) is 12.2 Å². The fourth-order valence-electron chi connectivity index (χ4n) is 1.78. The van der Waals surface area contributed by atoms with Gasteiger partial charge < -0.3 is 0 Å². The van der Waals surface area contributed by atoms with Gasteiger partial charge in [-0.1, -0.05) is 13.8 Å². The predicted octanol–water partition coefficient (Wildman–Crippen LogP) is 3.71. The van der Waals surface area contributed by atoms with Gasteiger partial charge >= 0.3 is 23.3 Å². The SMILES string of the molecule is CC(C)C1(F)C(F)([N+]#N)C=CC(F)(F)C1(F)F. The van der Waals surface area contributed by atoms with Crippen molar-refractivity contribution in [2.45, 2.75) is 37.2 Å². The van der Waals surface area contributed by atoms with E-state index in [1.54, 1.807) is 0 Å². The fourth-order valence-corrected chi connectivity index (χ4v) is 1.78. The maximum atomic E-state index is 14.1. The first-order valence-corrected chi connectivity index (χ1v) is 4.66. The highest BCUT2D eigenvalue weighted by atomic mass is 19.3. The molecule has 0 saturated heterocycles. The van der Waals surface area contributed by atoms with Crippen molar-refractivity contribution in [3.05, 3.63) is 17.1 Å². The van der Waals surface area contributed by atoms with Gasteiger partial charge in [0.15, 0.2) is 4.98 Å². The molecule has 2 atom stereocenters. The molecule has 0 amide bonds. The molecular weight excluding hydrogens is 250 g/mol. The lowest BCUT2D eigenvalue weighted by Gasteiger charge is -2.40. The van der Waals surface area contributed by atoms with Crippen molar-refractivity contribution < 1.29 is 26.3 Å². The van der Waals surface area contributed by atoms with Crippen LogP contribution in [-0.4, -0.2) is 23.3 Å². The number of halogens is 6. The van der Waals surface area contributed by atoms with Crippen LogP contribution in [0.3, 0.4) is 0 Å². The second kappa shape index (κ2) is 3.37. The molecule has 0 spiro atoms. The van der Waals surface area contributed by atoms with Gasteiger partial charge in [-0.3, -0.25) is 0 Å². The Morgan fingerprint density at radius 2 is 1.47 bits per heavy atom. The number of nitrogens with zero attached hydrogens (tertiary/aromatic N) is 2. The first kappa shape index (κ1) is 13.8. The molecule has 2 unspecified atom stereocenters. The number of hydrogen-bond donors (Lipinski definition) is 0. The molecule has 1 aliphatic rings. The standard InChI is InChI=1S/C9H9F6N2/c1-5(2)8(13)7(12,17-16)4-3-6(10,11)9(8,14)15/h3-5H,1-2H3/q+1. The fraction of sp³-hybridized carbons (Fsp3) is 0.778. The summed E-state index contributed by atoms with van der Waals surface area (Å²) < 4.78 is 80.5. The van der Waals surface area contributed by atoms with E-state index >= 15 is 0 Å². The van der Waals surface area contributed by atoms with Crippen LogP contribution < -0.4 is 0 Å². The molecule has 1 aliphatic carbocycles. The van der Waals surface area contributed by atoms with Crippen LogP contribution in [0.5, 0.6) is 0 Å². The van der Waals surface area contributed by atoms with Crippen molar-refractivity contribution >= 4 is 0 Å². The van der Waals surface area contributed by atoms with Crippen LogP contribution in [-0.2, 0) is 0 Å². The molecule has 8 heteroatoms. The molecule has 0 fully saturated rings. The van der Waals surface area contributed by atoms with Crippen molar-refractivity contribution in [2.75, 3.05) is 0 Å². The number of hydrogen-bond acceptors (Lipinski definition) is 1. The van der Waals surface area contributed by atoms with E-state index in [2.05, 4.69) is 0 Å². The minimum absolute atomic E-state index is 0.190. The molecule has 96 valence electrons. The largest absolute Gasteiger partial charge is 0.519 e. The average Bonchev–Trinajstić information content (AvgIpc) is 2.22. The molecule has 0 heterocycles. The summed E-state index contributed by atoms with van der Waals surface area (Å²) in [6, 6.07) is 0. The lowest BCUT2D eigenvalue weighted by molar-refractivity contribution is -0.292. The highest BCUT2D eigenvalue weighted by Crippen LogP contribution is 2.58. The Labute approximate surface area is 92.9 Å². The Balaban J connectivity index is 3.60. The monoisotopic (exact) mass is 259 g/mol. The minimum Gasteiger partial charge on any atom is -0.223 e. The van der Waals surface area contributed by atoms with E-state index in [4.69, 9.17) is 5.39 Å². The van der Waals surface area contributed by atoms with Gasteiger partial charge in [-0.15, -0.1) is 4.39 Å². The van der Waals surface area contributed by atoms with Crippen LogP contribution in [0.25, 0.3) is 4.98 Å². The van der Waals surface area contributed by atoms with Crippen LogP contribution in [0, 0.1) is 11.3 Å². The molecular formula is C9H9F6N2+. The van der Waals surface area contributed by atoms with Crippen LogP contribution >= 0.6 is 0 Å². The Kier molecular flexibility index (Phi) is 2.74. The maximum absolute atomic E-state index is 14.1. The third-order valence-corrected chi connectivity index (χ3v) is 2.84. The lowest BCUT2D eigenvalue weighted by atomic mass is 9.72. The Morgan fingerprint density at radius 1 is 1.00 bits per heavy atom. The summed E-state index contributed by atoms with van der Waals surface area (Å²) in [7, 11) is 0. The Morgan fingerprint density at radius 3 is 1.82 bits per heavy atom. The maximum Gasteiger partial charge on any atom is 0.519 e. The summed E-state index contributed by atoms with van der Waals surface area (Å²) >= 11 is 0. The normalized spacial score (nSPS) is 39.1.